The molecule has 0 spiro atoms. The predicted octanol–water partition coefficient (Wildman–Crippen LogP) is 2.06. The molecule has 1 rings (SSSR count). The summed E-state index contributed by atoms with van der Waals surface area (Å²) in [5, 5.41) is 7.86. The smallest absolute Gasteiger partial charge is 0.0974 e. The van der Waals surface area contributed by atoms with Crippen LogP contribution in [0.4, 0.5) is 0 Å². The minimum absolute atomic E-state index is 0.445. The Morgan fingerprint density at radius 3 is 2.92 bits per heavy atom. The van der Waals surface area contributed by atoms with Gasteiger partial charge in [0.2, 0.25) is 0 Å². The second-order valence-electron chi connectivity index (χ2n) is 3.08. The molecular formula is C8H14ClN3. The number of alkyl halides is 1. The van der Waals surface area contributed by atoms with E-state index in [0.29, 0.717) is 11.8 Å². The Hall–Kier alpha value is -0.570. The highest BCUT2D eigenvalue weighted by Gasteiger charge is 2.02. The van der Waals surface area contributed by atoms with Crippen LogP contribution in [0, 0.1) is 5.92 Å². The van der Waals surface area contributed by atoms with Gasteiger partial charge in [0.25, 0.3) is 0 Å². The molecule has 0 saturated carbocycles. The topological polar surface area (TPSA) is 30.7 Å². The number of aromatic nitrogens is 3. The van der Waals surface area contributed by atoms with Crippen LogP contribution in [0.5, 0.6) is 0 Å². The Balaban J connectivity index is 2.52. The lowest BCUT2D eigenvalue weighted by Gasteiger charge is -2.06. The maximum Gasteiger partial charge on any atom is 0.0974 e. The summed E-state index contributed by atoms with van der Waals surface area (Å²) >= 11 is 5.59. The molecule has 1 atom stereocenters. The third kappa shape index (κ3) is 2.48. The first-order valence-electron chi connectivity index (χ1n) is 4.21. The van der Waals surface area contributed by atoms with Crippen molar-refractivity contribution < 1.29 is 0 Å². The maximum atomic E-state index is 5.59. The van der Waals surface area contributed by atoms with E-state index >= 15 is 0 Å². The Labute approximate surface area is 77.7 Å². The van der Waals surface area contributed by atoms with E-state index in [1.165, 1.54) is 0 Å². The van der Waals surface area contributed by atoms with Crippen molar-refractivity contribution in [3.8, 4) is 0 Å². The van der Waals surface area contributed by atoms with Crippen LogP contribution in [0.25, 0.3) is 0 Å². The molecular weight excluding hydrogens is 174 g/mol. The highest BCUT2D eigenvalue weighted by molar-refractivity contribution is 6.16. The van der Waals surface area contributed by atoms with Crippen molar-refractivity contribution in [2.45, 2.75) is 32.7 Å². The summed E-state index contributed by atoms with van der Waals surface area (Å²) in [6.45, 7) is 5.30. The number of rotatable bonds is 4. The van der Waals surface area contributed by atoms with E-state index in [2.05, 4.69) is 24.2 Å². The van der Waals surface area contributed by atoms with E-state index in [1.54, 1.807) is 0 Å². The van der Waals surface area contributed by atoms with Crippen molar-refractivity contribution in [1.82, 2.24) is 15.0 Å². The van der Waals surface area contributed by atoms with Gasteiger partial charge in [0.15, 0.2) is 0 Å². The molecule has 0 aliphatic rings. The summed E-state index contributed by atoms with van der Waals surface area (Å²) < 4.78 is 1.85. The fourth-order valence-electron chi connectivity index (χ4n) is 0.937. The summed E-state index contributed by atoms with van der Waals surface area (Å²) in [4.78, 5) is 0. The largest absolute Gasteiger partial charge is 0.252 e. The van der Waals surface area contributed by atoms with E-state index in [4.69, 9.17) is 11.6 Å². The molecule has 0 aliphatic carbocycles. The van der Waals surface area contributed by atoms with Crippen molar-refractivity contribution in [2.75, 3.05) is 0 Å². The Morgan fingerprint density at radius 2 is 2.42 bits per heavy atom. The second-order valence-corrected chi connectivity index (χ2v) is 3.35. The molecule has 3 nitrogen and oxygen atoms in total. The van der Waals surface area contributed by atoms with E-state index < -0.39 is 0 Å². The van der Waals surface area contributed by atoms with Gasteiger partial charge in [-0.05, 0) is 5.92 Å². The van der Waals surface area contributed by atoms with E-state index in [0.717, 1.165) is 18.7 Å². The molecule has 0 bridgehead atoms. The number of halogens is 1. The third-order valence-electron chi connectivity index (χ3n) is 1.92. The molecule has 0 radical (unpaired) electrons. The van der Waals surface area contributed by atoms with Crippen LogP contribution in [0.3, 0.4) is 0 Å². The highest BCUT2D eigenvalue weighted by Crippen LogP contribution is 2.05. The van der Waals surface area contributed by atoms with Gasteiger partial charge in [-0.3, -0.25) is 4.68 Å². The number of nitrogens with zero attached hydrogens (tertiary/aromatic N) is 3. The summed E-state index contributed by atoms with van der Waals surface area (Å²) in [5.41, 5.74) is 0.847. The van der Waals surface area contributed by atoms with E-state index in [-0.39, 0.29) is 0 Å². The van der Waals surface area contributed by atoms with Gasteiger partial charge in [0, 0.05) is 12.7 Å². The van der Waals surface area contributed by atoms with Crippen LogP contribution in [0.15, 0.2) is 6.20 Å². The minimum Gasteiger partial charge on any atom is -0.252 e. The Morgan fingerprint density at radius 1 is 1.67 bits per heavy atom. The summed E-state index contributed by atoms with van der Waals surface area (Å²) in [5.74, 6) is 1.09. The van der Waals surface area contributed by atoms with Crippen LogP contribution in [0.2, 0.25) is 0 Å². The van der Waals surface area contributed by atoms with Crippen LogP contribution in [-0.2, 0) is 12.4 Å². The molecule has 68 valence electrons. The molecule has 0 fully saturated rings. The lowest BCUT2D eigenvalue weighted by atomic mass is 10.1. The standard InChI is InChI=1S/C8H14ClN3/c1-3-7(2)5-12-6-8(4-9)10-11-12/h6-7H,3-5H2,1-2H3. The van der Waals surface area contributed by atoms with Gasteiger partial charge in [-0.1, -0.05) is 25.5 Å². The van der Waals surface area contributed by atoms with Gasteiger partial charge in [-0.15, -0.1) is 16.7 Å². The first-order valence-corrected chi connectivity index (χ1v) is 4.74. The zero-order valence-corrected chi connectivity index (χ0v) is 8.25. The van der Waals surface area contributed by atoms with Gasteiger partial charge in [-0.25, -0.2) is 0 Å². The predicted molar refractivity (Wildman–Crippen MR) is 49.0 cm³/mol. The molecule has 0 N–H and O–H groups in total. The van der Waals surface area contributed by atoms with Crippen LogP contribution in [-0.4, -0.2) is 15.0 Å². The molecule has 4 heteroatoms. The monoisotopic (exact) mass is 187 g/mol. The minimum atomic E-state index is 0.445. The van der Waals surface area contributed by atoms with Gasteiger partial charge in [-0.2, -0.15) is 0 Å². The SMILES string of the molecule is CCC(C)Cn1cc(CCl)nn1. The lowest BCUT2D eigenvalue weighted by Crippen LogP contribution is -2.06. The zero-order valence-electron chi connectivity index (χ0n) is 7.50. The molecule has 12 heavy (non-hydrogen) atoms. The second kappa shape index (κ2) is 4.45. The molecule has 0 saturated heterocycles. The quantitative estimate of drug-likeness (QED) is 0.676. The van der Waals surface area contributed by atoms with Crippen molar-refractivity contribution in [2.24, 2.45) is 5.92 Å². The summed E-state index contributed by atoms with van der Waals surface area (Å²) in [6.07, 6.45) is 3.06. The Kier molecular flexibility index (Phi) is 3.53. The average molecular weight is 188 g/mol. The van der Waals surface area contributed by atoms with Gasteiger partial charge >= 0.3 is 0 Å². The van der Waals surface area contributed by atoms with Crippen LogP contribution >= 0.6 is 11.6 Å². The average Bonchev–Trinajstić information content (AvgIpc) is 2.52. The van der Waals surface area contributed by atoms with Gasteiger partial charge < -0.3 is 0 Å². The van der Waals surface area contributed by atoms with Crippen LogP contribution in [0.1, 0.15) is 26.0 Å². The molecule has 1 heterocycles. The fourth-order valence-corrected chi connectivity index (χ4v) is 1.06. The molecule has 0 aliphatic heterocycles. The van der Waals surface area contributed by atoms with Crippen molar-refractivity contribution in [3.63, 3.8) is 0 Å². The molecule has 0 amide bonds. The van der Waals surface area contributed by atoms with Gasteiger partial charge in [0.05, 0.1) is 11.6 Å². The molecule has 1 aromatic rings. The summed E-state index contributed by atoms with van der Waals surface area (Å²) in [7, 11) is 0. The Bertz CT molecular complexity index is 234. The maximum absolute atomic E-state index is 5.59. The van der Waals surface area contributed by atoms with Gasteiger partial charge in [0.1, 0.15) is 0 Å². The van der Waals surface area contributed by atoms with Crippen LogP contribution < -0.4 is 0 Å². The first kappa shape index (κ1) is 9.52. The number of hydrogen-bond donors (Lipinski definition) is 0. The number of hydrogen-bond acceptors (Lipinski definition) is 2. The van der Waals surface area contributed by atoms with Crippen molar-refractivity contribution in [1.29, 1.82) is 0 Å². The first-order chi connectivity index (χ1) is 5.76. The zero-order chi connectivity index (χ0) is 8.97. The van der Waals surface area contributed by atoms with E-state index in [1.807, 2.05) is 10.9 Å². The fraction of sp³-hybridized carbons (Fsp3) is 0.750. The van der Waals surface area contributed by atoms with E-state index in [9.17, 15) is 0 Å². The van der Waals surface area contributed by atoms with Crippen molar-refractivity contribution >= 4 is 11.6 Å². The lowest BCUT2D eigenvalue weighted by molar-refractivity contribution is 0.431. The molecule has 1 unspecified atom stereocenters. The van der Waals surface area contributed by atoms with Crippen molar-refractivity contribution in [3.05, 3.63) is 11.9 Å². The molecule has 0 aromatic carbocycles. The molecule has 1 aromatic heterocycles. The third-order valence-corrected chi connectivity index (χ3v) is 2.19. The highest BCUT2D eigenvalue weighted by atomic mass is 35.5. The normalized spacial score (nSPS) is 13.2. The summed E-state index contributed by atoms with van der Waals surface area (Å²) in [6, 6.07) is 0.